The summed E-state index contributed by atoms with van der Waals surface area (Å²) in [6.45, 7) is 6.61. The van der Waals surface area contributed by atoms with Crippen LogP contribution >= 0.6 is 12.4 Å². The minimum Gasteiger partial charge on any atom is -0.489 e. The molecule has 124 valence electrons. The van der Waals surface area contributed by atoms with E-state index in [1.165, 1.54) is 0 Å². The molecule has 1 heterocycles. The van der Waals surface area contributed by atoms with Gasteiger partial charge in [-0.05, 0) is 31.5 Å². The van der Waals surface area contributed by atoms with E-state index in [4.69, 9.17) is 9.47 Å². The SMILES string of the molecule is Cc1cccc(OC(C)CNC(=O)CC2COCCN2)c1.Cl. The number of nitrogens with one attached hydrogen (secondary N) is 2. The molecule has 2 unspecified atom stereocenters. The Morgan fingerprint density at radius 3 is 3.05 bits per heavy atom. The third kappa shape index (κ3) is 6.64. The van der Waals surface area contributed by atoms with Crippen molar-refractivity contribution < 1.29 is 14.3 Å². The fourth-order valence-corrected chi connectivity index (χ4v) is 2.27. The van der Waals surface area contributed by atoms with Gasteiger partial charge in [-0.25, -0.2) is 0 Å². The van der Waals surface area contributed by atoms with Crippen LogP contribution in [0.15, 0.2) is 24.3 Å². The smallest absolute Gasteiger partial charge is 0.221 e. The lowest BCUT2D eigenvalue weighted by Crippen LogP contribution is -2.45. The van der Waals surface area contributed by atoms with Crippen LogP contribution in [0, 0.1) is 6.92 Å². The number of rotatable bonds is 6. The van der Waals surface area contributed by atoms with Crippen LogP contribution in [0.3, 0.4) is 0 Å². The molecule has 1 fully saturated rings. The molecule has 1 aromatic carbocycles. The quantitative estimate of drug-likeness (QED) is 0.834. The van der Waals surface area contributed by atoms with Gasteiger partial charge in [-0.3, -0.25) is 4.79 Å². The molecule has 5 nitrogen and oxygen atoms in total. The maximum absolute atomic E-state index is 11.9. The van der Waals surface area contributed by atoms with E-state index >= 15 is 0 Å². The monoisotopic (exact) mass is 328 g/mol. The zero-order valence-corrected chi connectivity index (χ0v) is 13.9. The average Bonchev–Trinajstić information content (AvgIpc) is 2.46. The summed E-state index contributed by atoms with van der Waals surface area (Å²) in [5, 5.41) is 6.17. The van der Waals surface area contributed by atoms with Crippen LogP contribution < -0.4 is 15.4 Å². The Hall–Kier alpha value is -1.30. The molecule has 0 aliphatic carbocycles. The third-order valence-corrected chi connectivity index (χ3v) is 3.34. The van der Waals surface area contributed by atoms with Gasteiger partial charge in [-0.15, -0.1) is 12.4 Å². The van der Waals surface area contributed by atoms with Gasteiger partial charge in [0.2, 0.25) is 5.91 Å². The summed E-state index contributed by atoms with van der Waals surface area (Å²) in [5.41, 5.74) is 1.16. The number of ether oxygens (including phenoxy) is 2. The number of morpholine rings is 1. The molecule has 2 rings (SSSR count). The molecule has 1 amide bonds. The summed E-state index contributed by atoms with van der Waals surface area (Å²) in [4.78, 5) is 11.9. The van der Waals surface area contributed by atoms with Gasteiger partial charge in [0.15, 0.2) is 0 Å². The van der Waals surface area contributed by atoms with Crippen molar-refractivity contribution >= 4 is 18.3 Å². The normalized spacial score (nSPS) is 18.9. The molecule has 0 bridgehead atoms. The molecule has 2 N–H and O–H groups in total. The molecule has 1 aliphatic rings. The van der Waals surface area contributed by atoms with Crippen molar-refractivity contribution in [1.82, 2.24) is 10.6 Å². The molecular formula is C16H25ClN2O3. The molecule has 2 atom stereocenters. The second-order valence-electron chi connectivity index (χ2n) is 5.48. The minimum absolute atomic E-state index is 0. The number of benzene rings is 1. The minimum atomic E-state index is -0.0636. The van der Waals surface area contributed by atoms with Gasteiger partial charge in [0, 0.05) is 19.0 Å². The zero-order chi connectivity index (χ0) is 15.1. The van der Waals surface area contributed by atoms with Gasteiger partial charge in [0.05, 0.1) is 19.8 Å². The van der Waals surface area contributed by atoms with Crippen LogP contribution in [0.1, 0.15) is 18.9 Å². The van der Waals surface area contributed by atoms with Crippen molar-refractivity contribution in [1.29, 1.82) is 0 Å². The first-order chi connectivity index (χ1) is 10.1. The first-order valence-corrected chi connectivity index (χ1v) is 7.44. The average molecular weight is 329 g/mol. The van der Waals surface area contributed by atoms with E-state index in [1.807, 2.05) is 38.1 Å². The highest BCUT2D eigenvalue weighted by Crippen LogP contribution is 2.13. The molecule has 1 aliphatic heterocycles. The molecule has 0 aromatic heterocycles. The van der Waals surface area contributed by atoms with E-state index in [1.54, 1.807) is 0 Å². The Morgan fingerprint density at radius 1 is 1.55 bits per heavy atom. The molecular weight excluding hydrogens is 304 g/mol. The van der Waals surface area contributed by atoms with Gasteiger partial charge >= 0.3 is 0 Å². The summed E-state index contributed by atoms with van der Waals surface area (Å²) in [6, 6.07) is 8.02. The number of aryl methyl sites for hydroxylation is 1. The van der Waals surface area contributed by atoms with E-state index in [0.29, 0.717) is 19.6 Å². The largest absolute Gasteiger partial charge is 0.489 e. The molecule has 0 spiro atoms. The van der Waals surface area contributed by atoms with Crippen LogP contribution in [0.2, 0.25) is 0 Å². The van der Waals surface area contributed by atoms with Crippen LogP contribution in [-0.2, 0) is 9.53 Å². The number of carbonyl (C=O) groups excluding carboxylic acids is 1. The number of hydrogen-bond acceptors (Lipinski definition) is 4. The van der Waals surface area contributed by atoms with E-state index in [0.717, 1.165) is 24.5 Å². The summed E-state index contributed by atoms with van der Waals surface area (Å²) >= 11 is 0. The molecule has 0 radical (unpaired) electrons. The number of hydrogen-bond donors (Lipinski definition) is 2. The van der Waals surface area contributed by atoms with Crippen molar-refractivity contribution in [3.63, 3.8) is 0 Å². The van der Waals surface area contributed by atoms with E-state index in [2.05, 4.69) is 10.6 Å². The Labute approximate surface area is 138 Å². The zero-order valence-electron chi connectivity index (χ0n) is 13.1. The van der Waals surface area contributed by atoms with Crippen LogP contribution in [0.5, 0.6) is 5.75 Å². The summed E-state index contributed by atoms with van der Waals surface area (Å²) in [7, 11) is 0. The van der Waals surface area contributed by atoms with Crippen molar-refractivity contribution in [2.45, 2.75) is 32.4 Å². The third-order valence-electron chi connectivity index (χ3n) is 3.34. The van der Waals surface area contributed by atoms with Gasteiger partial charge in [0.1, 0.15) is 11.9 Å². The van der Waals surface area contributed by atoms with Crippen molar-refractivity contribution in [3.8, 4) is 5.75 Å². The van der Waals surface area contributed by atoms with E-state index < -0.39 is 0 Å². The highest BCUT2D eigenvalue weighted by Gasteiger charge is 2.17. The van der Waals surface area contributed by atoms with Crippen LogP contribution in [0.4, 0.5) is 0 Å². The van der Waals surface area contributed by atoms with Gasteiger partial charge < -0.3 is 20.1 Å². The molecule has 1 aromatic rings. The van der Waals surface area contributed by atoms with Crippen molar-refractivity contribution in [3.05, 3.63) is 29.8 Å². The van der Waals surface area contributed by atoms with Crippen molar-refractivity contribution in [2.24, 2.45) is 0 Å². The fourth-order valence-electron chi connectivity index (χ4n) is 2.27. The van der Waals surface area contributed by atoms with Gasteiger partial charge in [-0.1, -0.05) is 12.1 Å². The summed E-state index contributed by atoms with van der Waals surface area (Å²) in [6.07, 6.45) is 0.378. The maximum Gasteiger partial charge on any atom is 0.221 e. The second-order valence-corrected chi connectivity index (χ2v) is 5.48. The summed E-state index contributed by atoms with van der Waals surface area (Å²) < 4.78 is 11.1. The standard InChI is InChI=1S/C16H24N2O3.ClH/c1-12-4-3-5-15(8-12)21-13(2)10-18-16(19)9-14-11-20-7-6-17-14;/h3-5,8,13-14,17H,6-7,9-11H2,1-2H3,(H,18,19);1H. The maximum atomic E-state index is 11.9. The topological polar surface area (TPSA) is 59.6 Å². The molecule has 22 heavy (non-hydrogen) atoms. The summed E-state index contributed by atoms with van der Waals surface area (Å²) in [5.74, 6) is 0.858. The lowest BCUT2D eigenvalue weighted by atomic mass is 10.2. The number of halogens is 1. The highest BCUT2D eigenvalue weighted by molar-refractivity contribution is 5.85. The Morgan fingerprint density at radius 2 is 2.36 bits per heavy atom. The predicted molar refractivity (Wildman–Crippen MR) is 88.8 cm³/mol. The Bertz CT molecular complexity index is 464. The van der Waals surface area contributed by atoms with E-state index in [-0.39, 0.29) is 30.5 Å². The first-order valence-electron chi connectivity index (χ1n) is 7.44. The lowest BCUT2D eigenvalue weighted by Gasteiger charge is -2.23. The molecule has 1 saturated heterocycles. The Balaban J connectivity index is 0.00000242. The van der Waals surface area contributed by atoms with Gasteiger partial charge in [0.25, 0.3) is 0 Å². The van der Waals surface area contributed by atoms with Crippen molar-refractivity contribution in [2.75, 3.05) is 26.3 Å². The first kappa shape index (κ1) is 18.7. The van der Waals surface area contributed by atoms with Crippen LogP contribution in [0.25, 0.3) is 0 Å². The highest BCUT2D eigenvalue weighted by atomic mass is 35.5. The van der Waals surface area contributed by atoms with Crippen LogP contribution in [-0.4, -0.2) is 44.4 Å². The van der Waals surface area contributed by atoms with E-state index in [9.17, 15) is 4.79 Å². The lowest BCUT2D eigenvalue weighted by molar-refractivity contribution is -0.122. The predicted octanol–water partition coefficient (Wildman–Crippen LogP) is 1.68. The van der Waals surface area contributed by atoms with Gasteiger partial charge in [-0.2, -0.15) is 0 Å². The number of amides is 1. The fraction of sp³-hybridized carbons (Fsp3) is 0.562. The molecule has 6 heteroatoms. The second kappa shape index (κ2) is 9.66. The Kier molecular flexibility index (Phi) is 8.24. The molecule has 0 saturated carbocycles. The number of carbonyl (C=O) groups is 1.